The Morgan fingerprint density at radius 1 is 0.421 bits per heavy atom. The maximum atomic E-state index is 10.5. The number of aliphatic hydroxyl groups is 3. The standard InChI is InChI=1S/C16H22O3/c17-7-1-4-5-2-8(18)14-12(5)16-11(4)10(7)6-3-9(19)15(14)13(6)16/h4-19H,1-3H2/t4-,5+,6-,7+,8-,9-,10+,11-,12+,13+,14+,15+,16+/m0/s1. The molecule has 3 nitrogen and oxygen atoms in total. The molecular weight excluding hydrogens is 240 g/mol. The van der Waals surface area contributed by atoms with E-state index in [-0.39, 0.29) is 18.3 Å². The van der Waals surface area contributed by atoms with Crippen molar-refractivity contribution in [3.05, 3.63) is 0 Å². The Morgan fingerprint density at radius 2 is 0.842 bits per heavy atom. The predicted octanol–water partition coefficient (Wildman–Crippen LogP) is 0.483. The third kappa shape index (κ3) is 0.873. The summed E-state index contributed by atoms with van der Waals surface area (Å²) in [7, 11) is 0. The molecule has 19 heavy (non-hydrogen) atoms. The van der Waals surface area contributed by atoms with E-state index in [9.17, 15) is 15.3 Å². The highest BCUT2D eigenvalue weighted by atomic mass is 16.3. The van der Waals surface area contributed by atoms with E-state index >= 15 is 0 Å². The zero-order chi connectivity index (χ0) is 12.6. The molecule has 0 unspecified atom stereocenters. The van der Waals surface area contributed by atoms with Crippen molar-refractivity contribution >= 4 is 0 Å². The first-order valence-electron chi connectivity index (χ1n) is 8.22. The number of aliphatic hydroxyl groups excluding tert-OH is 3. The van der Waals surface area contributed by atoms with Gasteiger partial charge in [0.15, 0.2) is 0 Å². The lowest BCUT2D eigenvalue weighted by atomic mass is 9.83. The molecule has 0 saturated heterocycles. The molecule has 0 heterocycles. The number of hydrogen-bond donors (Lipinski definition) is 3. The maximum Gasteiger partial charge on any atom is 0.0577 e. The summed E-state index contributed by atoms with van der Waals surface area (Å²) in [5.74, 6) is 5.97. The van der Waals surface area contributed by atoms with Gasteiger partial charge < -0.3 is 15.3 Å². The second kappa shape index (κ2) is 2.90. The molecular formula is C16H22O3. The van der Waals surface area contributed by atoms with Gasteiger partial charge in [-0.2, -0.15) is 0 Å². The lowest BCUT2D eigenvalue weighted by molar-refractivity contribution is 0.0366. The molecule has 6 aliphatic rings. The van der Waals surface area contributed by atoms with Crippen LogP contribution in [0.25, 0.3) is 0 Å². The van der Waals surface area contributed by atoms with Crippen molar-refractivity contribution in [1.29, 1.82) is 0 Å². The molecule has 0 aromatic rings. The van der Waals surface area contributed by atoms with Gasteiger partial charge in [0.05, 0.1) is 18.3 Å². The first kappa shape index (κ1) is 10.6. The summed E-state index contributed by atoms with van der Waals surface area (Å²) in [6, 6.07) is 0. The molecule has 6 fully saturated rings. The van der Waals surface area contributed by atoms with Gasteiger partial charge in [-0.1, -0.05) is 0 Å². The summed E-state index contributed by atoms with van der Waals surface area (Å²) in [5.41, 5.74) is 0. The minimum Gasteiger partial charge on any atom is -0.393 e. The fourth-order valence-electron chi connectivity index (χ4n) is 8.73. The van der Waals surface area contributed by atoms with Crippen molar-refractivity contribution in [2.45, 2.75) is 37.6 Å². The van der Waals surface area contributed by atoms with Crippen molar-refractivity contribution in [1.82, 2.24) is 0 Å². The van der Waals surface area contributed by atoms with E-state index in [1.54, 1.807) is 0 Å². The first-order chi connectivity index (χ1) is 9.18. The minimum absolute atomic E-state index is 0.117. The lowest BCUT2D eigenvalue weighted by Gasteiger charge is -2.25. The molecule has 6 rings (SSSR count). The van der Waals surface area contributed by atoms with Crippen LogP contribution in [0, 0.1) is 59.2 Å². The molecule has 0 aliphatic heterocycles. The Kier molecular flexibility index (Phi) is 1.62. The third-order valence-corrected chi connectivity index (χ3v) is 8.51. The Balaban J connectivity index is 1.58. The Labute approximate surface area is 113 Å². The molecule has 13 atom stereocenters. The van der Waals surface area contributed by atoms with Gasteiger partial charge in [0.25, 0.3) is 0 Å². The molecule has 0 radical (unpaired) electrons. The van der Waals surface area contributed by atoms with Crippen LogP contribution in [0.1, 0.15) is 19.3 Å². The predicted molar refractivity (Wildman–Crippen MR) is 66.8 cm³/mol. The molecule has 0 aromatic heterocycles. The molecule has 0 bridgehead atoms. The summed E-state index contributed by atoms with van der Waals surface area (Å²) in [6.45, 7) is 0. The topological polar surface area (TPSA) is 60.7 Å². The Morgan fingerprint density at radius 3 is 1.47 bits per heavy atom. The summed E-state index contributed by atoms with van der Waals surface area (Å²) in [4.78, 5) is 0. The summed E-state index contributed by atoms with van der Waals surface area (Å²) >= 11 is 0. The molecule has 3 N–H and O–H groups in total. The van der Waals surface area contributed by atoms with Crippen molar-refractivity contribution < 1.29 is 15.3 Å². The van der Waals surface area contributed by atoms with Gasteiger partial charge in [-0.25, -0.2) is 0 Å². The lowest BCUT2D eigenvalue weighted by Crippen LogP contribution is -2.30. The highest BCUT2D eigenvalue weighted by Gasteiger charge is 2.78. The monoisotopic (exact) mass is 262 g/mol. The number of hydrogen-bond acceptors (Lipinski definition) is 3. The van der Waals surface area contributed by atoms with Crippen molar-refractivity contribution in [2.24, 2.45) is 59.2 Å². The van der Waals surface area contributed by atoms with Crippen LogP contribution in [0.5, 0.6) is 0 Å². The molecule has 0 amide bonds. The largest absolute Gasteiger partial charge is 0.393 e. The molecule has 6 aliphatic carbocycles. The van der Waals surface area contributed by atoms with Gasteiger partial charge in [0.2, 0.25) is 0 Å². The van der Waals surface area contributed by atoms with Gasteiger partial charge in [0, 0.05) is 0 Å². The van der Waals surface area contributed by atoms with Crippen LogP contribution in [0.2, 0.25) is 0 Å². The van der Waals surface area contributed by atoms with Crippen molar-refractivity contribution in [3.8, 4) is 0 Å². The zero-order valence-electron chi connectivity index (χ0n) is 11.0. The van der Waals surface area contributed by atoms with E-state index < -0.39 is 0 Å². The molecule has 0 spiro atoms. The fourth-order valence-corrected chi connectivity index (χ4v) is 8.73. The van der Waals surface area contributed by atoms with E-state index in [1.807, 2.05) is 0 Å². The quantitative estimate of drug-likeness (QED) is 0.595. The SMILES string of the molecule is O[C@@H]1C[C@H]2[C@H]3C[C@H](O)[C@@H]4[C@@H]3[C@H]3[C@@H]2[C@@H]1[C@@H]1C[C@H](O)[C@@H]4[C@@H]13. The van der Waals surface area contributed by atoms with Gasteiger partial charge in [-0.3, -0.25) is 0 Å². The van der Waals surface area contributed by atoms with Crippen molar-refractivity contribution in [3.63, 3.8) is 0 Å². The van der Waals surface area contributed by atoms with Crippen LogP contribution in [-0.2, 0) is 0 Å². The Hall–Kier alpha value is -0.120. The van der Waals surface area contributed by atoms with Gasteiger partial charge in [0.1, 0.15) is 0 Å². The fraction of sp³-hybridized carbons (Fsp3) is 1.00. The van der Waals surface area contributed by atoms with E-state index in [0.29, 0.717) is 47.3 Å². The molecule has 6 saturated carbocycles. The van der Waals surface area contributed by atoms with Crippen molar-refractivity contribution in [2.75, 3.05) is 0 Å². The Bertz CT molecular complexity index is 465. The summed E-state index contributed by atoms with van der Waals surface area (Å²) in [5, 5.41) is 31.5. The van der Waals surface area contributed by atoms with Crippen LogP contribution in [0.3, 0.4) is 0 Å². The van der Waals surface area contributed by atoms with Gasteiger partial charge in [-0.05, 0) is 78.4 Å². The highest BCUT2D eigenvalue weighted by molar-refractivity contribution is 5.26. The smallest absolute Gasteiger partial charge is 0.0577 e. The van der Waals surface area contributed by atoms with Crippen LogP contribution in [0.15, 0.2) is 0 Å². The van der Waals surface area contributed by atoms with E-state index in [4.69, 9.17) is 0 Å². The first-order valence-corrected chi connectivity index (χ1v) is 8.22. The van der Waals surface area contributed by atoms with Gasteiger partial charge in [-0.15, -0.1) is 0 Å². The summed E-state index contributed by atoms with van der Waals surface area (Å²) in [6.07, 6.45) is 2.34. The number of rotatable bonds is 0. The molecule has 0 aromatic carbocycles. The average Bonchev–Trinajstić information content (AvgIpc) is 3.05. The van der Waals surface area contributed by atoms with E-state index in [2.05, 4.69) is 0 Å². The molecule has 104 valence electrons. The minimum atomic E-state index is -0.203. The van der Waals surface area contributed by atoms with E-state index in [0.717, 1.165) is 31.1 Å². The van der Waals surface area contributed by atoms with E-state index in [1.165, 1.54) is 0 Å². The van der Waals surface area contributed by atoms with Crippen LogP contribution in [-0.4, -0.2) is 33.6 Å². The molecule has 3 heteroatoms. The maximum absolute atomic E-state index is 10.5. The average molecular weight is 262 g/mol. The summed E-state index contributed by atoms with van der Waals surface area (Å²) < 4.78 is 0. The second-order valence-electron chi connectivity index (χ2n) is 8.44. The van der Waals surface area contributed by atoms with Crippen LogP contribution >= 0.6 is 0 Å². The third-order valence-electron chi connectivity index (χ3n) is 8.51. The number of fused-ring (bicyclic) bond motifs is 3. The van der Waals surface area contributed by atoms with Crippen LogP contribution < -0.4 is 0 Å². The van der Waals surface area contributed by atoms with Crippen LogP contribution in [0.4, 0.5) is 0 Å². The normalized spacial score (nSPS) is 78.2. The van der Waals surface area contributed by atoms with Gasteiger partial charge >= 0.3 is 0 Å². The highest BCUT2D eigenvalue weighted by Crippen LogP contribution is 2.79. The zero-order valence-corrected chi connectivity index (χ0v) is 11.0. The second-order valence-corrected chi connectivity index (χ2v) is 8.44.